The van der Waals surface area contributed by atoms with Crippen molar-refractivity contribution >= 4 is 38.2 Å². The molecule has 2 aromatic rings. The van der Waals surface area contributed by atoms with E-state index in [1.54, 1.807) is 11.4 Å². The molecular weight excluding hydrogens is 354 g/mol. The fraction of sp³-hybridized carbons (Fsp3) is 0.286. The highest BCUT2D eigenvalue weighted by atomic mass is 79.9. The molecule has 5 nitrogen and oxygen atoms in total. The summed E-state index contributed by atoms with van der Waals surface area (Å²) in [6.45, 7) is 1.25. The third-order valence-electron chi connectivity index (χ3n) is 2.81. The molecule has 0 aliphatic heterocycles. The van der Waals surface area contributed by atoms with Gasteiger partial charge in [0.2, 0.25) is 5.91 Å². The van der Waals surface area contributed by atoms with E-state index in [-0.39, 0.29) is 5.91 Å². The summed E-state index contributed by atoms with van der Waals surface area (Å²) in [5, 5.41) is 14.0. The van der Waals surface area contributed by atoms with Crippen molar-refractivity contribution in [2.45, 2.75) is 13.0 Å². The van der Waals surface area contributed by atoms with Crippen molar-refractivity contribution in [2.24, 2.45) is 0 Å². The molecule has 0 bridgehead atoms. The van der Waals surface area contributed by atoms with E-state index in [9.17, 15) is 4.79 Å². The fourth-order valence-corrected chi connectivity index (χ4v) is 2.85. The first-order valence-electron chi connectivity index (χ1n) is 6.28. The van der Waals surface area contributed by atoms with Crippen LogP contribution >= 0.6 is 27.3 Å². The monoisotopic (exact) mass is 367 g/mol. The van der Waals surface area contributed by atoms with Gasteiger partial charge in [-0.1, -0.05) is 0 Å². The molecule has 0 atom stereocenters. The first-order valence-corrected chi connectivity index (χ1v) is 7.96. The maximum atomic E-state index is 11.9. The van der Waals surface area contributed by atoms with Crippen LogP contribution < -0.4 is 5.32 Å². The molecule has 0 saturated carbocycles. The second-order valence-corrected chi connectivity index (χ2v) is 6.21. The number of carbonyl (C=O) groups excluding carboxylic acids is 1. The van der Waals surface area contributed by atoms with E-state index in [1.807, 2.05) is 30.1 Å². The average Bonchev–Trinajstić information content (AvgIpc) is 3.05. The Bertz CT molecular complexity index is 659. The molecule has 2 aromatic heterocycles. The van der Waals surface area contributed by atoms with E-state index in [0.29, 0.717) is 34.7 Å². The van der Waals surface area contributed by atoms with Crippen molar-refractivity contribution in [3.05, 3.63) is 39.6 Å². The molecule has 1 amide bonds. The number of rotatable bonds is 6. The Labute approximate surface area is 135 Å². The van der Waals surface area contributed by atoms with Crippen LogP contribution in [-0.2, 0) is 11.3 Å². The SMILES string of the molecule is CN(CCC(=O)Nc1sccc1C#N)Cc1ccc(Br)o1. The van der Waals surface area contributed by atoms with Gasteiger partial charge >= 0.3 is 0 Å². The number of anilines is 1. The predicted molar refractivity (Wildman–Crippen MR) is 85.0 cm³/mol. The molecule has 0 unspecified atom stereocenters. The normalized spacial score (nSPS) is 10.6. The van der Waals surface area contributed by atoms with Crippen LogP contribution in [0.3, 0.4) is 0 Å². The van der Waals surface area contributed by atoms with Crippen LogP contribution in [0.5, 0.6) is 0 Å². The third-order valence-corrected chi connectivity index (χ3v) is 4.07. The van der Waals surface area contributed by atoms with Gasteiger partial charge in [-0.15, -0.1) is 11.3 Å². The van der Waals surface area contributed by atoms with E-state index < -0.39 is 0 Å². The summed E-state index contributed by atoms with van der Waals surface area (Å²) in [5.41, 5.74) is 0.502. The number of hydrogen-bond donors (Lipinski definition) is 1. The van der Waals surface area contributed by atoms with E-state index in [1.165, 1.54) is 11.3 Å². The summed E-state index contributed by atoms with van der Waals surface area (Å²) < 4.78 is 6.12. The number of nitrogens with zero attached hydrogens (tertiary/aromatic N) is 2. The molecule has 0 saturated heterocycles. The Balaban J connectivity index is 1.77. The van der Waals surface area contributed by atoms with Crippen molar-refractivity contribution in [1.29, 1.82) is 5.26 Å². The Morgan fingerprint density at radius 1 is 1.52 bits per heavy atom. The quantitative estimate of drug-likeness (QED) is 0.848. The minimum absolute atomic E-state index is 0.0959. The highest BCUT2D eigenvalue weighted by molar-refractivity contribution is 9.10. The van der Waals surface area contributed by atoms with Gasteiger partial charge in [-0.05, 0) is 46.6 Å². The second-order valence-electron chi connectivity index (χ2n) is 4.52. The lowest BCUT2D eigenvalue weighted by Gasteiger charge is -2.14. The van der Waals surface area contributed by atoms with Crippen LogP contribution in [0.25, 0.3) is 0 Å². The van der Waals surface area contributed by atoms with Gasteiger partial charge in [0.15, 0.2) is 4.67 Å². The first-order chi connectivity index (χ1) is 10.1. The standard InChI is InChI=1S/C14H14BrN3O2S/c1-18(9-11-2-3-12(15)20-11)6-4-13(19)17-14-10(8-16)5-7-21-14/h2-3,5,7H,4,6,9H2,1H3,(H,17,19). The van der Waals surface area contributed by atoms with Gasteiger partial charge in [-0.25, -0.2) is 0 Å². The molecule has 21 heavy (non-hydrogen) atoms. The van der Waals surface area contributed by atoms with Gasteiger partial charge in [-0.2, -0.15) is 5.26 Å². The van der Waals surface area contributed by atoms with E-state index in [0.717, 1.165) is 5.76 Å². The molecule has 2 rings (SSSR count). The maximum absolute atomic E-state index is 11.9. The zero-order chi connectivity index (χ0) is 15.2. The summed E-state index contributed by atoms with van der Waals surface area (Å²) in [5.74, 6) is 0.747. The summed E-state index contributed by atoms with van der Waals surface area (Å²) in [4.78, 5) is 13.9. The summed E-state index contributed by atoms with van der Waals surface area (Å²) >= 11 is 4.61. The zero-order valence-corrected chi connectivity index (χ0v) is 13.8. The van der Waals surface area contributed by atoms with Gasteiger partial charge in [-0.3, -0.25) is 9.69 Å². The van der Waals surface area contributed by atoms with Gasteiger partial charge in [0.1, 0.15) is 16.8 Å². The van der Waals surface area contributed by atoms with Crippen LogP contribution in [0, 0.1) is 11.3 Å². The van der Waals surface area contributed by atoms with Crippen LogP contribution in [0.15, 0.2) is 32.7 Å². The number of furan rings is 1. The van der Waals surface area contributed by atoms with Crippen LogP contribution in [0.4, 0.5) is 5.00 Å². The van der Waals surface area contributed by atoms with E-state index >= 15 is 0 Å². The molecule has 0 spiro atoms. The molecule has 2 heterocycles. The molecule has 110 valence electrons. The van der Waals surface area contributed by atoms with E-state index in [2.05, 4.69) is 21.2 Å². The van der Waals surface area contributed by atoms with Gasteiger partial charge in [0.05, 0.1) is 12.1 Å². The van der Waals surface area contributed by atoms with Crippen LogP contribution in [-0.4, -0.2) is 24.4 Å². The Morgan fingerprint density at radius 2 is 2.33 bits per heavy atom. The Morgan fingerprint density at radius 3 is 3.00 bits per heavy atom. The summed E-state index contributed by atoms with van der Waals surface area (Å²) in [7, 11) is 1.93. The molecule has 0 aliphatic carbocycles. The highest BCUT2D eigenvalue weighted by Crippen LogP contribution is 2.22. The summed E-state index contributed by atoms with van der Waals surface area (Å²) in [6.07, 6.45) is 0.362. The first kappa shape index (κ1) is 15.8. The topological polar surface area (TPSA) is 69.3 Å². The molecule has 0 aromatic carbocycles. The molecular formula is C14H14BrN3O2S. The second kappa shape index (κ2) is 7.41. The molecule has 0 aliphatic rings. The largest absolute Gasteiger partial charge is 0.453 e. The minimum atomic E-state index is -0.0959. The third kappa shape index (κ3) is 4.70. The number of amides is 1. The number of carbonyl (C=O) groups is 1. The molecule has 0 fully saturated rings. The number of thiophene rings is 1. The van der Waals surface area contributed by atoms with E-state index in [4.69, 9.17) is 9.68 Å². The fourth-order valence-electron chi connectivity index (χ4n) is 1.76. The van der Waals surface area contributed by atoms with Crippen molar-refractivity contribution in [1.82, 2.24) is 4.90 Å². The van der Waals surface area contributed by atoms with Crippen molar-refractivity contribution in [3.8, 4) is 6.07 Å². The van der Waals surface area contributed by atoms with Crippen LogP contribution in [0.1, 0.15) is 17.7 Å². The van der Waals surface area contributed by atoms with Crippen molar-refractivity contribution in [2.75, 3.05) is 18.9 Å². The van der Waals surface area contributed by atoms with Gasteiger partial charge in [0, 0.05) is 13.0 Å². The molecule has 7 heteroatoms. The minimum Gasteiger partial charge on any atom is -0.453 e. The lowest BCUT2D eigenvalue weighted by atomic mass is 10.3. The molecule has 1 N–H and O–H groups in total. The molecule has 0 radical (unpaired) electrons. The highest BCUT2D eigenvalue weighted by Gasteiger charge is 2.10. The number of halogens is 1. The predicted octanol–water partition coefficient (Wildman–Crippen LogP) is 3.44. The lowest BCUT2D eigenvalue weighted by Crippen LogP contribution is -2.23. The number of hydrogen-bond acceptors (Lipinski definition) is 5. The lowest BCUT2D eigenvalue weighted by molar-refractivity contribution is -0.116. The summed E-state index contributed by atoms with van der Waals surface area (Å²) in [6, 6.07) is 7.48. The van der Waals surface area contributed by atoms with Crippen LogP contribution in [0.2, 0.25) is 0 Å². The average molecular weight is 368 g/mol. The number of nitrogens with one attached hydrogen (secondary N) is 1. The maximum Gasteiger partial charge on any atom is 0.226 e. The van der Waals surface area contributed by atoms with Gasteiger partial charge < -0.3 is 9.73 Å². The Kier molecular flexibility index (Phi) is 5.56. The van der Waals surface area contributed by atoms with Crippen molar-refractivity contribution in [3.63, 3.8) is 0 Å². The van der Waals surface area contributed by atoms with Crippen molar-refractivity contribution < 1.29 is 9.21 Å². The Hall–Kier alpha value is -1.62. The zero-order valence-electron chi connectivity index (χ0n) is 11.4. The van der Waals surface area contributed by atoms with Gasteiger partial charge in [0.25, 0.3) is 0 Å². The smallest absolute Gasteiger partial charge is 0.226 e. The number of nitriles is 1.